The van der Waals surface area contributed by atoms with Gasteiger partial charge < -0.3 is 5.11 Å². The summed E-state index contributed by atoms with van der Waals surface area (Å²) < 4.78 is 0. The molecule has 1 saturated carbocycles. The number of ketones is 1. The van der Waals surface area contributed by atoms with Gasteiger partial charge in [0.2, 0.25) is 0 Å². The number of carbonyl (C=O) groups excluding carboxylic acids is 1. The summed E-state index contributed by atoms with van der Waals surface area (Å²) in [6.07, 6.45) is 8.82. The quantitative estimate of drug-likeness (QED) is 0.799. The number of Topliss-reactive ketones (excluding diaryl/α,β-unsaturated/α-hetero) is 1. The van der Waals surface area contributed by atoms with E-state index < -0.39 is 0 Å². The third-order valence-corrected chi connectivity index (χ3v) is 7.88. The second-order valence-electron chi connectivity index (χ2n) is 10.1. The molecule has 1 N–H and O–H groups in total. The Morgan fingerprint density at radius 3 is 2.45 bits per heavy atom. The second-order valence-corrected chi connectivity index (χ2v) is 10.1. The maximum Gasteiger partial charge on any atom is 0.143 e. The number of likely N-dealkylation sites (tertiary alicyclic amines) is 1. The molecule has 0 aromatic heterocycles. The lowest BCUT2D eigenvalue weighted by molar-refractivity contribution is -0.119. The van der Waals surface area contributed by atoms with Crippen molar-refractivity contribution in [2.45, 2.75) is 77.4 Å². The number of hydrogen-bond donors (Lipinski definition) is 1. The Bertz CT molecular complexity index is 720. The van der Waals surface area contributed by atoms with Crippen LogP contribution in [0, 0.1) is 5.41 Å². The molecule has 1 saturated heterocycles. The zero-order valence-electron chi connectivity index (χ0n) is 18.3. The van der Waals surface area contributed by atoms with Crippen LogP contribution in [0.5, 0.6) is 0 Å². The molecule has 0 spiro atoms. The van der Waals surface area contributed by atoms with E-state index in [-0.39, 0.29) is 17.3 Å². The normalized spacial score (nSPS) is 24.4. The highest BCUT2D eigenvalue weighted by molar-refractivity contribution is 5.77. The van der Waals surface area contributed by atoms with Crippen LogP contribution < -0.4 is 0 Å². The van der Waals surface area contributed by atoms with Crippen molar-refractivity contribution >= 4 is 5.78 Å². The van der Waals surface area contributed by atoms with E-state index in [2.05, 4.69) is 34.9 Å². The Balaban J connectivity index is 1.35. The van der Waals surface area contributed by atoms with Crippen LogP contribution in [0.15, 0.2) is 18.2 Å². The monoisotopic (exact) mass is 398 g/mol. The molecule has 1 aromatic rings. The number of aliphatic hydroxyl groups is 1. The van der Waals surface area contributed by atoms with Crippen molar-refractivity contribution in [2.75, 3.05) is 32.7 Å². The van der Waals surface area contributed by atoms with Crippen molar-refractivity contribution in [3.63, 3.8) is 0 Å². The van der Waals surface area contributed by atoms with E-state index in [1.54, 1.807) is 6.92 Å². The molecule has 2 heterocycles. The average Bonchev–Trinajstić information content (AvgIpc) is 2.85. The molecule has 0 bridgehead atoms. The Kier molecular flexibility index (Phi) is 6.43. The molecule has 1 atom stereocenters. The number of fused-ring (bicyclic) bond motifs is 1. The first-order valence-electron chi connectivity index (χ1n) is 11.7. The highest BCUT2D eigenvalue weighted by Crippen LogP contribution is 2.36. The summed E-state index contributed by atoms with van der Waals surface area (Å²) in [4.78, 5) is 16.3. The number of aliphatic hydroxyl groups excluding tert-OH is 1. The lowest BCUT2D eigenvalue weighted by atomic mass is 9.73. The summed E-state index contributed by atoms with van der Waals surface area (Å²) in [6.45, 7) is 8.65. The van der Waals surface area contributed by atoms with Gasteiger partial charge in [-0.2, -0.15) is 0 Å². The Morgan fingerprint density at radius 1 is 1.14 bits per heavy atom. The summed E-state index contributed by atoms with van der Waals surface area (Å²) >= 11 is 0. The Morgan fingerprint density at radius 2 is 1.83 bits per heavy atom. The first-order valence-corrected chi connectivity index (χ1v) is 11.7. The topological polar surface area (TPSA) is 43.8 Å². The molecule has 4 nitrogen and oxygen atoms in total. The van der Waals surface area contributed by atoms with Crippen LogP contribution in [-0.2, 0) is 24.1 Å². The third-order valence-electron chi connectivity index (χ3n) is 7.88. The summed E-state index contributed by atoms with van der Waals surface area (Å²) in [7, 11) is 0. The number of hydrogen-bond acceptors (Lipinski definition) is 4. The van der Waals surface area contributed by atoms with Crippen LogP contribution in [0.25, 0.3) is 0 Å². The molecule has 1 aromatic carbocycles. The first kappa shape index (κ1) is 21.0. The average molecular weight is 399 g/mol. The minimum atomic E-state index is -0.322. The minimum Gasteiger partial charge on any atom is -0.392 e. The van der Waals surface area contributed by atoms with Crippen LogP contribution in [0.2, 0.25) is 0 Å². The molecule has 160 valence electrons. The van der Waals surface area contributed by atoms with E-state index in [4.69, 9.17) is 0 Å². The Hall–Kier alpha value is -1.23. The second kappa shape index (κ2) is 8.87. The maximum atomic E-state index is 11.4. The molecule has 0 radical (unpaired) electrons. The van der Waals surface area contributed by atoms with Gasteiger partial charge >= 0.3 is 0 Å². The van der Waals surface area contributed by atoms with Crippen LogP contribution >= 0.6 is 0 Å². The number of piperidine rings is 1. The van der Waals surface area contributed by atoms with Crippen molar-refractivity contribution in [2.24, 2.45) is 5.41 Å². The van der Waals surface area contributed by atoms with Gasteiger partial charge in [0.1, 0.15) is 5.78 Å². The highest BCUT2D eigenvalue weighted by Gasteiger charge is 2.36. The number of rotatable bonds is 6. The highest BCUT2D eigenvalue weighted by atomic mass is 16.3. The third kappa shape index (κ3) is 4.92. The predicted molar refractivity (Wildman–Crippen MR) is 117 cm³/mol. The molecule has 4 rings (SSSR count). The zero-order chi connectivity index (χ0) is 20.4. The van der Waals surface area contributed by atoms with Crippen molar-refractivity contribution in [3.8, 4) is 0 Å². The van der Waals surface area contributed by atoms with E-state index in [1.165, 1.54) is 55.5 Å². The van der Waals surface area contributed by atoms with E-state index in [0.29, 0.717) is 6.54 Å². The molecule has 2 fully saturated rings. The number of carbonyl (C=O) groups is 1. The fourth-order valence-electron chi connectivity index (χ4n) is 5.38. The first-order chi connectivity index (χ1) is 13.9. The van der Waals surface area contributed by atoms with Gasteiger partial charge in [0, 0.05) is 19.1 Å². The van der Waals surface area contributed by atoms with Crippen LogP contribution in [0.4, 0.5) is 0 Å². The molecule has 29 heavy (non-hydrogen) atoms. The Labute approximate surface area is 176 Å². The van der Waals surface area contributed by atoms with Gasteiger partial charge in [-0.3, -0.25) is 14.6 Å². The van der Waals surface area contributed by atoms with Crippen molar-refractivity contribution < 1.29 is 9.90 Å². The molecule has 3 aliphatic rings. The van der Waals surface area contributed by atoms with Gasteiger partial charge in [0.25, 0.3) is 0 Å². The molecule has 1 aliphatic carbocycles. The molecular weight excluding hydrogens is 360 g/mol. The zero-order valence-corrected chi connectivity index (χ0v) is 18.3. The summed E-state index contributed by atoms with van der Waals surface area (Å²) in [5.41, 5.74) is 4.23. The minimum absolute atomic E-state index is 0.0545. The van der Waals surface area contributed by atoms with Gasteiger partial charge in [0.15, 0.2) is 0 Å². The summed E-state index contributed by atoms with van der Waals surface area (Å²) in [5.74, 6) is 0.231. The number of nitrogens with zero attached hydrogens (tertiary/aromatic N) is 2. The van der Waals surface area contributed by atoms with E-state index in [0.717, 1.165) is 44.8 Å². The summed E-state index contributed by atoms with van der Waals surface area (Å²) in [6, 6.07) is 7.77. The molecule has 0 amide bonds. The fourth-order valence-corrected chi connectivity index (χ4v) is 5.38. The molecule has 1 unspecified atom stereocenters. The summed E-state index contributed by atoms with van der Waals surface area (Å²) in [5, 5.41) is 11.1. The van der Waals surface area contributed by atoms with Gasteiger partial charge in [-0.15, -0.1) is 0 Å². The van der Waals surface area contributed by atoms with Crippen LogP contribution in [0.3, 0.4) is 0 Å². The van der Waals surface area contributed by atoms with Crippen molar-refractivity contribution in [1.82, 2.24) is 9.80 Å². The number of benzene rings is 1. The lowest BCUT2D eigenvalue weighted by Crippen LogP contribution is -2.46. The van der Waals surface area contributed by atoms with Gasteiger partial charge in [0.05, 0.1) is 12.6 Å². The smallest absolute Gasteiger partial charge is 0.143 e. The molecule has 4 heteroatoms. The SMILES string of the molecule is CC(=O)CN1CCC(C)(C(O)Cc2ccc3c(c2)CCN(C2CCC2)CC3)CC1. The lowest BCUT2D eigenvalue weighted by Gasteiger charge is -2.42. The van der Waals surface area contributed by atoms with E-state index in [1.807, 2.05) is 0 Å². The largest absolute Gasteiger partial charge is 0.392 e. The standard InChI is InChI=1S/C25H38N2O2/c1-19(28)18-26-14-10-25(2,11-15-26)24(29)17-20-6-7-21-8-12-27(23-4-3-5-23)13-9-22(21)16-20/h6-7,16,23-24,29H,3-5,8-15,17-18H2,1-2H3. The van der Waals surface area contributed by atoms with Crippen molar-refractivity contribution in [3.05, 3.63) is 34.9 Å². The van der Waals surface area contributed by atoms with Crippen LogP contribution in [-0.4, -0.2) is 65.6 Å². The maximum absolute atomic E-state index is 11.4. The van der Waals surface area contributed by atoms with Crippen molar-refractivity contribution in [1.29, 1.82) is 0 Å². The molecule has 2 aliphatic heterocycles. The van der Waals surface area contributed by atoms with Gasteiger partial charge in [-0.1, -0.05) is 31.5 Å². The van der Waals surface area contributed by atoms with E-state index in [9.17, 15) is 9.90 Å². The fraction of sp³-hybridized carbons (Fsp3) is 0.720. The predicted octanol–water partition coefficient (Wildman–Crippen LogP) is 3.23. The van der Waals surface area contributed by atoms with E-state index >= 15 is 0 Å². The van der Waals surface area contributed by atoms with Gasteiger partial charge in [-0.25, -0.2) is 0 Å². The van der Waals surface area contributed by atoms with Gasteiger partial charge in [-0.05, 0) is 87.1 Å². The molecular formula is C25H38N2O2. The van der Waals surface area contributed by atoms with Crippen LogP contribution in [0.1, 0.15) is 62.6 Å².